The Hall–Kier alpha value is -3.07. The van der Waals surface area contributed by atoms with E-state index in [0.29, 0.717) is 6.61 Å². The minimum atomic E-state index is -0.366. The van der Waals surface area contributed by atoms with Gasteiger partial charge in [0.25, 0.3) is 0 Å². The summed E-state index contributed by atoms with van der Waals surface area (Å²) in [5.41, 5.74) is 2.10. The van der Waals surface area contributed by atoms with Crippen molar-refractivity contribution in [3.05, 3.63) is 83.9 Å². The van der Waals surface area contributed by atoms with Crippen LogP contribution in [-0.4, -0.2) is 13.1 Å². The fourth-order valence-corrected chi connectivity index (χ4v) is 2.49. The number of hydrogen-bond acceptors (Lipinski definition) is 3. The molecule has 3 nitrogen and oxygen atoms in total. The van der Waals surface area contributed by atoms with E-state index < -0.39 is 0 Å². The third-order valence-electron chi connectivity index (χ3n) is 3.73. The molecule has 0 aliphatic heterocycles. The van der Waals surface area contributed by atoms with Crippen LogP contribution in [-0.2, 0) is 16.1 Å². The van der Waals surface area contributed by atoms with Gasteiger partial charge in [0.05, 0.1) is 7.11 Å². The molecule has 0 unspecified atom stereocenters. The first-order valence-corrected chi connectivity index (χ1v) is 7.72. The molecule has 3 rings (SSSR count). The van der Waals surface area contributed by atoms with Crippen molar-refractivity contribution in [2.45, 2.75) is 6.61 Å². The number of carbonyl (C=O) groups is 1. The van der Waals surface area contributed by atoms with Crippen LogP contribution in [0.1, 0.15) is 11.1 Å². The maximum Gasteiger partial charge on any atom is 0.330 e. The van der Waals surface area contributed by atoms with Crippen LogP contribution in [0.5, 0.6) is 5.75 Å². The molecule has 3 heteroatoms. The number of carbonyl (C=O) groups excluding carboxylic acids is 1. The van der Waals surface area contributed by atoms with E-state index in [2.05, 4.69) is 4.74 Å². The first-order chi connectivity index (χ1) is 11.8. The number of rotatable bonds is 5. The van der Waals surface area contributed by atoms with E-state index in [1.807, 2.05) is 66.7 Å². The van der Waals surface area contributed by atoms with E-state index in [9.17, 15) is 4.79 Å². The minimum absolute atomic E-state index is 0.366. The van der Waals surface area contributed by atoms with Crippen molar-refractivity contribution in [2.75, 3.05) is 7.11 Å². The second-order valence-electron chi connectivity index (χ2n) is 5.36. The van der Waals surface area contributed by atoms with Crippen molar-refractivity contribution in [2.24, 2.45) is 0 Å². The lowest BCUT2D eigenvalue weighted by Gasteiger charge is -2.09. The van der Waals surface area contributed by atoms with Crippen LogP contribution in [0.25, 0.3) is 16.8 Å². The summed E-state index contributed by atoms with van der Waals surface area (Å²) < 4.78 is 10.5. The number of benzene rings is 3. The van der Waals surface area contributed by atoms with Gasteiger partial charge in [-0.1, -0.05) is 54.6 Å². The second-order valence-corrected chi connectivity index (χ2v) is 5.36. The van der Waals surface area contributed by atoms with Gasteiger partial charge in [0.1, 0.15) is 12.4 Å². The molecule has 0 heterocycles. The van der Waals surface area contributed by atoms with Crippen molar-refractivity contribution in [3.63, 3.8) is 0 Å². The first-order valence-electron chi connectivity index (χ1n) is 7.72. The van der Waals surface area contributed by atoms with Gasteiger partial charge in [-0.3, -0.25) is 0 Å². The van der Waals surface area contributed by atoms with Gasteiger partial charge in [0.15, 0.2) is 0 Å². The van der Waals surface area contributed by atoms with Crippen LogP contribution >= 0.6 is 0 Å². The molecular weight excluding hydrogens is 300 g/mol. The Kier molecular flexibility index (Phi) is 4.92. The third kappa shape index (κ3) is 3.82. The van der Waals surface area contributed by atoms with Gasteiger partial charge in [-0.15, -0.1) is 0 Å². The van der Waals surface area contributed by atoms with E-state index in [-0.39, 0.29) is 5.97 Å². The van der Waals surface area contributed by atoms with Crippen LogP contribution in [0.4, 0.5) is 0 Å². The van der Waals surface area contributed by atoms with Crippen LogP contribution in [0.2, 0.25) is 0 Å². The van der Waals surface area contributed by atoms with Crippen LogP contribution in [0.3, 0.4) is 0 Å². The average Bonchev–Trinajstić information content (AvgIpc) is 2.65. The van der Waals surface area contributed by atoms with E-state index in [4.69, 9.17) is 4.74 Å². The monoisotopic (exact) mass is 318 g/mol. The Bertz CT molecular complexity index is 867. The van der Waals surface area contributed by atoms with Gasteiger partial charge < -0.3 is 9.47 Å². The van der Waals surface area contributed by atoms with Crippen molar-refractivity contribution in [1.29, 1.82) is 0 Å². The number of hydrogen-bond donors (Lipinski definition) is 0. The Morgan fingerprint density at radius 3 is 2.62 bits per heavy atom. The molecule has 0 radical (unpaired) electrons. The summed E-state index contributed by atoms with van der Waals surface area (Å²) in [6, 6.07) is 22.0. The standard InChI is InChI=1S/C21H18O3/c1-23-21(22)13-10-17-8-5-9-18-14-19(11-12-20(17)18)24-15-16-6-3-2-4-7-16/h2-14H,15H2,1H3. The van der Waals surface area contributed by atoms with E-state index in [1.165, 1.54) is 13.2 Å². The summed E-state index contributed by atoms with van der Waals surface area (Å²) >= 11 is 0. The lowest BCUT2D eigenvalue weighted by molar-refractivity contribution is -0.134. The highest BCUT2D eigenvalue weighted by Gasteiger charge is 2.02. The molecule has 120 valence electrons. The fraction of sp³-hybridized carbons (Fsp3) is 0.0952. The minimum Gasteiger partial charge on any atom is -0.489 e. The van der Waals surface area contributed by atoms with E-state index in [0.717, 1.165) is 27.6 Å². The zero-order valence-electron chi connectivity index (χ0n) is 13.4. The first kappa shape index (κ1) is 15.8. The predicted octanol–water partition coefficient (Wildman–Crippen LogP) is 4.61. The highest BCUT2D eigenvalue weighted by atomic mass is 16.5. The summed E-state index contributed by atoms with van der Waals surface area (Å²) in [5.74, 6) is 0.454. The Labute approximate surface area is 141 Å². The Balaban J connectivity index is 1.81. The van der Waals surface area contributed by atoms with Gasteiger partial charge in [0.2, 0.25) is 0 Å². The molecule has 0 atom stereocenters. The van der Waals surface area contributed by atoms with Gasteiger partial charge in [-0.2, -0.15) is 0 Å². The summed E-state index contributed by atoms with van der Waals surface area (Å²) in [4.78, 5) is 11.3. The normalized spacial score (nSPS) is 10.9. The zero-order chi connectivity index (χ0) is 16.8. The number of ether oxygens (including phenoxy) is 2. The predicted molar refractivity (Wildman–Crippen MR) is 95.8 cm³/mol. The molecule has 3 aromatic rings. The largest absolute Gasteiger partial charge is 0.489 e. The van der Waals surface area contributed by atoms with Gasteiger partial charge >= 0.3 is 5.97 Å². The summed E-state index contributed by atoms with van der Waals surface area (Å²) in [6.45, 7) is 0.536. The molecule has 0 aliphatic rings. The molecule has 0 saturated heterocycles. The summed E-state index contributed by atoms with van der Waals surface area (Å²) in [5, 5.41) is 2.12. The molecule has 0 fully saturated rings. The van der Waals surface area contributed by atoms with Crippen LogP contribution < -0.4 is 4.74 Å². The smallest absolute Gasteiger partial charge is 0.330 e. The van der Waals surface area contributed by atoms with Gasteiger partial charge in [0, 0.05) is 6.08 Å². The lowest BCUT2D eigenvalue weighted by Crippen LogP contribution is -1.95. The lowest BCUT2D eigenvalue weighted by atomic mass is 10.0. The van der Waals surface area contributed by atoms with E-state index in [1.54, 1.807) is 6.08 Å². The molecule has 0 aromatic heterocycles. The molecular formula is C21H18O3. The van der Waals surface area contributed by atoms with Crippen LogP contribution in [0.15, 0.2) is 72.8 Å². The molecule has 0 spiro atoms. The van der Waals surface area contributed by atoms with Gasteiger partial charge in [-0.25, -0.2) is 4.79 Å². The molecule has 0 saturated carbocycles. The summed E-state index contributed by atoms with van der Waals surface area (Å²) in [7, 11) is 1.37. The highest BCUT2D eigenvalue weighted by Crippen LogP contribution is 2.25. The topological polar surface area (TPSA) is 35.5 Å². The van der Waals surface area contributed by atoms with Crippen molar-refractivity contribution in [3.8, 4) is 5.75 Å². The average molecular weight is 318 g/mol. The molecule has 0 N–H and O–H groups in total. The highest BCUT2D eigenvalue weighted by molar-refractivity contribution is 5.95. The van der Waals surface area contributed by atoms with Gasteiger partial charge in [-0.05, 0) is 40.1 Å². The Morgan fingerprint density at radius 1 is 1.00 bits per heavy atom. The molecule has 3 aromatic carbocycles. The zero-order valence-corrected chi connectivity index (χ0v) is 13.4. The molecule has 24 heavy (non-hydrogen) atoms. The molecule has 0 amide bonds. The van der Waals surface area contributed by atoms with Crippen molar-refractivity contribution in [1.82, 2.24) is 0 Å². The maximum atomic E-state index is 11.3. The second kappa shape index (κ2) is 7.47. The number of esters is 1. The van der Waals surface area contributed by atoms with E-state index >= 15 is 0 Å². The molecule has 0 aliphatic carbocycles. The SMILES string of the molecule is COC(=O)C=Cc1cccc2cc(OCc3ccccc3)ccc12. The maximum absolute atomic E-state index is 11.3. The fourth-order valence-electron chi connectivity index (χ4n) is 2.49. The number of fused-ring (bicyclic) bond motifs is 1. The van der Waals surface area contributed by atoms with Crippen molar-refractivity contribution >= 4 is 22.8 Å². The third-order valence-corrected chi connectivity index (χ3v) is 3.73. The summed E-state index contributed by atoms with van der Waals surface area (Å²) in [6.07, 6.45) is 3.19. The van der Waals surface area contributed by atoms with Crippen LogP contribution in [0, 0.1) is 0 Å². The quantitative estimate of drug-likeness (QED) is 0.509. The number of methoxy groups -OCH3 is 1. The molecule has 0 bridgehead atoms. The van der Waals surface area contributed by atoms with Crippen molar-refractivity contribution < 1.29 is 14.3 Å². The Morgan fingerprint density at radius 2 is 1.83 bits per heavy atom.